The van der Waals surface area contributed by atoms with Crippen LogP contribution in [0.15, 0.2) is 30.3 Å². The Morgan fingerprint density at radius 1 is 1.20 bits per heavy atom. The zero-order valence-electron chi connectivity index (χ0n) is 11.5. The molecule has 1 atom stereocenters. The molecule has 1 aromatic carbocycles. The summed E-state index contributed by atoms with van der Waals surface area (Å²) in [5.41, 5.74) is 0.536. The highest BCUT2D eigenvalue weighted by Gasteiger charge is 2.13. The van der Waals surface area contributed by atoms with Crippen LogP contribution in [-0.4, -0.2) is 37.5 Å². The Morgan fingerprint density at radius 2 is 1.85 bits per heavy atom. The lowest BCUT2D eigenvalue weighted by molar-refractivity contribution is -0.141. The summed E-state index contributed by atoms with van der Waals surface area (Å²) in [6.45, 7) is 1.55. The first-order chi connectivity index (χ1) is 9.52. The van der Waals surface area contributed by atoms with Crippen LogP contribution >= 0.6 is 0 Å². The molecule has 0 spiro atoms. The van der Waals surface area contributed by atoms with E-state index in [9.17, 15) is 14.4 Å². The number of carbonyl (C=O) groups excluding carboxylic acids is 3. The second kappa shape index (κ2) is 7.93. The van der Waals surface area contributed by atoms with E-state index in [1.54, 1.807) is 31.2 Å². The number of amides is 2. The summed E-state index contributed by atoms with van der Waals surface area (Å²) in [6, 6.07) is 8.41. The molecule has 0 heterocycles. The summed E-state index contributed by atoms with van der Waals surface area (Å²) in [6.07, 6.45) is 0.0928. The van der Waals surface area contributed by atoms with Crippen molar-refractivity contribution < 1.29 is 19.1 Å². The first kappa shape index (κ1) is 15.7. The van der Waals surface area contributed by atoms with Crippen molar-refractivity contribution in [1.29, 1.82) is 0 Å². The quantitative estimate of drug-likeness (QED) is 0.741. The Bertz CT molecular complexity index is 473. The third-order valence-electron chi connectivity index (χ3n) is 2.56. The number of methoxy groups -OCH3 is 1. The summed E-state index contributed by atoms with van der Waals surface area (Å²) in [4.78, 5) is 34.2. The van der Waals surface area contributed by atoms with Gasteiger partial charge >= 0.3 is 5.97 Å². The molecule has 0 aliphatic rings. The molecule has 6 heteroatoms. The first-order valence-electron chi connectivity index (χ1n) is 6.22. The van der Waals surface area contributed by atoms with E-state index in [-0.39, 0.29) is 30.8 Å². The fraction of sp³-hybridized carbons (Fsp3) is 0.357. The van der Waals surface area contributed by atoms with Crippen LogP contribution < -0.4 is 10.6 Å². The van der Waals surface area contributed by atoms with Crippen LogP contribution in [0.4, 0.5) is 0 Å². The molecule has 0 aromatic heterocycles. The maximum absolute atomic E-state index is 11.8. The van der Waals surface area contributed by atoms with Crippen molar-refractivity contribution in [3.8, 4) is 0 Å². The molecule has 0 fully saturated rings. The van der Waals surface area contributed by atoms with Crippen molar-refractivity contribution in [3.05, 3.63) is 35.9 Å². The van der Waals surface area contributed by atoms with E-state index in [0.717, 1.165) is 0 Å². The normalized spacial score (nSPS) is 11.3. The van der Waals surface area contributed by atoms with Gasteiger partial charge in [-0.15, -0.1) is 0 Å². The lowest BCUT2D eigenvalue weighted by atomic mass is 10.1. The molecule has 6 nitrogen and oxygen atoms in total. The molecule has 0 radical (unpaired) electrons. The van der Waals surface area contributed by atoms with Crippen molar-refractivity contribution >= 4 is 17.8 Å². The smallest absolute Gasteiger partial charge is 0.325 e. The number of nitrogens with one attached hydrogen (secondary N) is 2. The second-order valence-corrected chi connectivity index (χ2v) is 4.30. The third kappa shape index (κ3) is 5.51. The maximum Gasteiger partial charge on any atom is 0.325 e. The largest absolute Gasteiger partial charge is 0.468 e. The van der Waals surface area contributed by atoms with Gasteiger partial charge in [-0.05, 0) is 19.1 Å². The van der Waals surface area contributed by atoms with Gasteiger partial charge in [-0.3, -0.25) is 14.4 Å². The minimum atomic E-state index is -0.515. The predicted octanol–water partition coefficient (Wildman–Crippen LogP) is 0.484. The SMILES string of the molecule is COC(=O)CNC(=O)CC(C)NC(=O)c1ccccc1. The van der Waals surface area contributed by atoms with Crippen molar-refractivity contribution in [3.63, 3.8) is 0 Å². The fourth-order valence-electron chi connectivity index (χ4n) is 1.54. The van der Waals surface area contributed by atoms with Gasteiger partial charge in [-0.25, -0.2) is 0 Å². The van der Waals surface area contributed by atoms with Crippen molar-refractivity contribution in [1.82, 2.24) is 10.6 Å². The molecule has 0 saturated carbocycles. The molecule has 108 valence electrons. The van der Waals surface area contributed by atoms with Crippen LogP contribution in [0.5, 0.6) is 0 Å². The highest BCUT2D eigenvalue weighted by Crippen LogP contribution is 2.00. The minimum absolute atomic E-state index is 0.0928. The molecule has 2 N–H and O–H groups in total. The van der Waals surface area contributed by atoms with Crippen LogP contribution in [0.3, 0.4) is 0 Å². The van der Waals surface area contributed by atoms with Crippen LogP contribution in [0.1, 0.15) is 23.7 Å². The van der Waals surface area contributed by atoms with E-state index >= 15 is 0 Å². The van der Waals surface area contributed by atoms with Gasteiger partial charge in [0.15, 0.2) is 0 Å². The van der Waals surface area contributed by atoms with Crippen molar-refractivity contribution in [2.45, 2.75) is 19.4 Å². The monoisotopic (exact) mass is 278 g/mol. The molecule has 1 aromatic rings. The minimum Gasteiger partial charge on any atom is -0.468 e. The molecular formula is C14H18N2O4. The first-order valence-corrected chi connectivity index (χ1v) is 6.22. The number of esters is 1. The van der Waals surface area contributed by atoms with E-state index in [1.807, 2.05) is 6.07 Å². The molecule has 0 bridgehead atoms. The van der Waals surface area contributed by atoms with Gasteiger partial charge < -0.3 is 15.4 Å². The van der Waals surface area contributed by atoms with Gasteiger partial charge in [-0.2, -0.15) is 0 Å². The van der Waals surface area contributed by atoms with Crippen LogP contribution in [-0.2, 0) is 14.3 Å². The molecule has 0 aliphatic carbocycles. The van der Waals surface area contributed by atoms with E-state index in [0.29, 0.717) is 5.56 Å². The Labute approximate surface area is 117 Å². The third-order valence-corrected chi connectivity index (χ3v) is 2.56. The Kier molecular flexibility index (Phi) is 6.22. The molecule has 1 rings (SSSR count). The molecule has 20 heavy (non-hydrogen) atoms. The zero-order chi connectivity index (χ0) is 15.0. The number of hydrogen-bond acceptors (Lipinski definition) is 4. The Balaban J connectivity index is 2.36. The van der Waals surface area contributed by atoms with Crippen LogP contribution in [0, 0.1) is 0 Å². The second-order valence-electron chi connectivity index (χ2n) is 4.30. The summed E-state index contributed by atoms with van der Waals surface area (Å²) in [7, 11) is 1.25. The van der Waals surface area contributed by atoms with Crippen molar-refractivity contribution in [2.24, 2.45) is 0 Å². The highest BCUT2D eigenvalue weighted by atomic mass is 16.5. The average Bonchev–Trinajstić information content (AvgIpc) is 2.45. The topological polar surface area (TPSA) is 84.5 Å². The fourth-order valence-corrected chi connectivity index (χ4v) is 1.54. The van der Waals surface area contributed by atoms with Gasteiger partial charge in [0.1, 0.15) is 6.54 Å². The Hall–Kier alpha value is -2.37. The summed E-state index contributed by atoms with van der Waals surface area (Å²) < 4.78 is 4.40. The maximum atomic E-state index is 11.8. The van der Waals surface area contributed by atoms with E-state index in [1.165, 1.54) is 7.11 Å². The lowest BCUT2D eigenvalue weighted by Gasteiger charge is -2.13. The average molecular weight is 278 g/mol. The summed E-state index contributed by atoms with van der Waals surface area (Å²) in [5.74, 6) is -1.07. The lowest BCUT2D eigenvalue weighted by Crippen LogP contribution is -2.38. The zero-order valence-corrected chi connectivity index (χ0v) is 11.5. The number of hydrogen-bond donors (Lipinski definition) is 2. The molecular weight excluding hydrogens is 260 g/mol. The molecule has 0 saturated heterocycles. The van der Waals surface area contributed by atoms with E-state index in [4.69, 9.17) is 0 Å². The highest BCUT2D eigenvalue weighted by molar-refractivity contribution is 5.94. The predicted molar refractivity (Wildman–Crippen MR) is 73.0 cm³/mol. The van der Waals surface area contributed by atoms with Crippen LogP contribution in [0.2, 0.25) is 0 Å². The number of rotatable bonds is 6. The molecule has 0 aliphatic heterocycles. The van der Waals surface area contributed by atoms with Gasteiger partial charge in [0.25, 0.3) is 5.91 Å². The van der Waals surface area contributed by atoms with Crippen molar-refractivity contribution in [2.75, 3.05) is 13.7 Å². The summed E-state index contributed by atoms with van der Waals surface area (Å²) in [5, 5.41) is 5.13. The van der Waals surface area contributed by atoms with Gasteiger partial charge in [-0.1, -0.05) is 18.2 Å². The van der Waals surface area contributed by atoms with Crippen LogP contribution in [0.25, 0.3) is 0 Å². The summed E-state index contributed by atoms with van der Waals surface area (Å²) >= 11 is 0. The number of benzene rings is 1. The van der Waals surface area contributed by atoms with E-state index < -0.39 is 5.97 Å². The molecule has 2 amide bonds. The Morgan fingerprint density at radius 3 is 2.45 bits per heavy atom. The van der Waals surface area contributed by atoms with Gasteiger partial charge in [0, 0.05) is 18.0 Å². The number of carbonyl (C=O) groups is 3. The van der Waals surface area contributed by atoms with Gasteiger partial charge in [0.2, 0.25) is 5.91 Å². The number of ether oxygens (including phenoxy) is 1. The van der Waals surface area contributed by atoms with Gasteiger partial charge in [0.05, 0.1) is 7.11 Å². The standard InChI is InChI=1S/C14H18N2O4/c1-10(8-12(17)15-9-13(18)20-2)16-14(19)11-6-4-3-5-7-11/h3-7,10H,8-9H2,1-2H3,(H,15,17)(H,16,19). The van der Waals surface area contributed by atoms with E-state index in [2.05, 4.69) is 15.4 Å². The molecule has 1 unspecified atom stereocenters.